The molecule has 1 saturated heterocycles. The van der Waals surface area contributed by atoms with Crippen molar-refractivity contribution in [2.75, 3.05) is 20.1 Å². The lowest BCUT2D eigenvalue weighted by molar-refractivity contribution is 0.0843. The molecule has 3 heteroatoms. The van der Waals surface area contributed by atoms with Crippen LogP contribution in [0.25, 0.3) is 10.8 Å². The second kappa shape index (κ2) is 5.78. The zero-order chi connectivity index (χ0) is 14.8. The fourth-order valence-electron chi connectivity index (χ4n) is 3.20. The van der Waals surface area contributed by atoms with Crippen molar-refractivity contribution in [2.45, 2.75) is 12.8 Å². The number of carbonyl (C=O) groups excluding carboxylic acids is 2. The standard InChI is InChI=1S/C18H19NO2/c1-19-8-4-6-14(11-19)18(21)15-9-13-5-2-3-7-17(13)16(10-15)12-20/h2-3,5,7,9-10,12,14H,4,6,8,11H2,1H3. The van der Waals surface area contributed by atoms with Gasteiger partial charge in [-0.3, -0.25) is 9.59 Å². The number of hydrogen-bond acceptors (Lipinski definition) is 3. The van der Waals surface area contributed by atoms with Crippen LogP contribution < -0.4 is 0 Å². The first-order valence-corrected chi connectivity index (χ1v) is 7.40. The molecule has 1 unspecified atom stereocenters. The van der Waals surface area contributed by atoms with Crippen molar-refractivity contribution in [3.05, 3.63) is 47.5 Å². The molecular weight excluding hydrogens is 262 g/mol. The van der Waals surface area contributed by atoms with Gasteiger partial charge in [0.05, 0.1) is 0 Å². The first-order valence-electron chi connectivity index (χ1n) is 7.40. The van der Waals surface area contributed by atoms with Crippen molar-refractivity contribution in [1.29, 1.82) is 0 Å². The van der Waals surface area contributed by atoms with Crippen LogP contribution in [0, 0.1) is 5.92 Å². The fourth-order valence-corrected chi connectivity index (χ4v) is 3.20. The molecule has 0 saturated carbocycles. The van der Waals surface area contributed by atoms with E-state index in [1.165, 1.54) is 0 Å². The highest BCUT2D eigenvalue weighted by atomic mass is 16.1. The van der Waals surface area contributed by atoms with E-state index in [1.807, 2.05) is 30.3 Å². The van der Waals surface area contributed by atoms with Crippen molar-refractivity contribution < 1.29 is 9.59 Å². The molecule has 21 heavy (non-hydrogen) atoms. The number of aldehydes is 1. The molecule has 1 aliphatic rings. The molecule has 1 atom stereocenters. The largest absolute Gasteiger partial charge is 0.306 e. The SMILES string of the molecule is CN1CCCC(C(=O)c2cc(C=O)c3ccccc3c2)C1. The molecule has 108 valence electrons. The van der Waals surface area contributed by atoms with Crippen molar-refractivity contribution in [1.82, 2.24) is 4.90 Å². The molecule has 0 spiro atoms. The molecule has 0 aliphatic carbocycles. The number of piperidine rings is 1. The van der Waals surface area contributed by atoms with Crippen molar-refractivity contribution in [2.24, 2.45) is 5.92 Å². The third-order valence-electron chi connectivity index (χ3n) is 4.30. The van der Waals surface area contributed by atoms with Gasteiger partial charge >= 0.3 is 0 Å². The van der Waals surface area contributed by atoms with Gasteiger partial charge in [-0.05, 0) is 49.3 Å². The smallest absolute Gasteiger partial charge is 0.167 e. The lowest BCUT2D eigenvalue weighted by atomic mass is 9.88. The first kappa shape index (κ1) is 14.0. The number of likely N-dealkylation sites (tertiary alicyclic amines) is 1. The van der Waals surface area contributed by atoms with Crippen LogP contribution in [0.4, 0.5) is 0 Å². The zero-order valence-electron chi connectivity index (χ0n) is 12.2. The van der Waals surface area contributed by atoms with Gasteiger partial charge in [0.1, 0.15) is 0 Å². The van der Waals surface area contributed by atoms with Crippen molar-refractivity contribution in [3.63, 3.8) is 0 Å². The summed E-state index contributed by atoms with van der Waals surface area (Å²) >= 11 is 0. The Balaban J connectivity index is 2.00. The summed E-state index contributed by atoms with van der Waals surface area (Å²) in [5, 5.41) is 1.86. The molecule has 2 aromatic carbocycles. The van der Waals surface area contributed by atoms with Gasteiger partial charge < -0.3 is 4.90 Å². The third-order valence-corrected chi connectivity index (χ3v) is 4.30. The van der Waals surface area contributed by atoms with E-state index in [0.717, 1.165) is 43.0 Å². The van der Waals surface area contributed by atoms with Gasteiger partial charge in [0.2, 0.25) is 0 Å². The lowest BCUT2D eigenvalue weighted by Gasteiger charge is -2.28. The Hall–Kier alpha value is -2.00. The van der Waals surface area contributed by atoms with Crippen LogP contribution >= 0.6 is 0 Å². The maximum absolute atomic E-state index is 12.7. The van der Waals surface area contributed by atoms with Crippen LogP contribution in [0.2, 0.25) is 0 Å². The molecule has 3 rings (SSSR count). The molecule has 0 N–H and O–H groups in total. The van der Waals surface area contributed by atoms with Gasteiger partial charge in [0.25, 0.3) is 0 Å². The summed E-state index contributed by atoms with van der Waals surface area (Å²) < 4.78 is 0. The number of Topliss-reactive ketones (excluding diaryl/α,β-unsaturated/α-hetero) is 1. The molecule has 2 aromatic rings. The topological polar surface area (TPSA) is 37.4 Å². The van der Waals surface area contributed by atoms with Crippen LogP contribution in [0.5, 0.6) is 0 Å². The highest BCUT2D eigenvalue weighted by Crippen LogP contribution is 2.25. The fraction of sp³-hybridized carbons (Fsp3) is 0.333. The summed E-state index contributed by atoms with van der Waals surface area (Å²) in [6.45, 7) is 1.86. The van der Waals surface area contributed by atoms with Gasteiger partial charge in [-0.1, -0.05) is 24.3 Å². The van der Waals surface area contributed by atoms with E-state index in [0.29, 0.717) is 11.1 Å². The number of rotatable bonds is 3. The Morgan fingerprint density at radius 3 is 2.86 bits per heavy atom. The van der Waals surface area contributed by atoms with E-state index >= 15 is 0 Å². The van der Waals surface area contributed by atoms with Crippen molar-refractivity contribution >= 4 is 22.8 Å². The molecule has 1 aliphatic heterocycles. The van der Waals surface area contributed by atoms with Crippen LogP contribution in [0.15, 0.2) is 36.4 Å². The highest BCUT2D eigenvalue weighted by molar-refractivity contribution is 6.06. The molecule has 0 aromatic heterocycles. The summed E-state index contributed by atoms with van der Waals surface area (Å²) in [4.78, 5) is 26.2. The summed E-state index contributed by atoms with van der Waals surface area (Å²) in [5.74, 6) is 0.208. The minimum absolute atomic E-state index is 0.0458. The number of benzene rings is 2. The monoisotopic (exact) mass is 281 g/mol. The Morgan fingerprint density at radius 2 is 2.10 bits per heavy atom. The van der Waals surface area contributed by atoms with E-state index in [9.17, 15) is 9.59 Å². The second-order valence-electron chi connectivity index (χ2n) is 5.87. The Labute approximate surface area is 124 Å². The van der Waals surface area contributed by atoms with Crippen LogP contribution in [0.3, 0.4) is 0 Å². The average Bonchev–Trinajstić information content (AvgIpc) is 2.53. The second-order valence-corrected chi connectivity index (χ2v) is 5.87. The first-order chi connectivity index (χ1) is 10.2. The van der Waals surface area contributed by atoms with E-state index in [-0.39, 0.29) is 11.7 Å². The van der Waals surface area contributed by atoms with Gasteiger partial charge in [-0.15, -0.1) is 0 Å². The van der Waals surface area contributed by atoms with E-state index < -0.39 is 0 Å². The highest BCUT2D eigenvalue weighted by Gasteiger charge is 2.25. The number of carbonyl (C=O) groups is 2. The Morgan fingerprint density at radius 1 is 1.29 bits per heavy atom. The van der Waals surface area contributed by atoms with Gasteiger partial charge in [0.15, 0.2) is 12.1 Å². The molecular formula is C18H19NO2. The Bertz CT molecular complexity index is 693. The van der Waals surface area contributed by atoms with Crippen molar-refractivity contribution in [3.8, 4) is 0 Å². The quantitative estimate of drug-likeness (QED) is 0.640. The van der Waals surface area contributed by atoms with Crippen LogP contribution in [-0.2, 0) is 0 Å². The number of fused-ring (bicyclic) bond motifs is 1. The molecule has 0 amide bonds. The summed E-state index contributed by atoms with van der Waals surface area (Å²) in [6, 6.07) is 11.4. The maximum atomic E-state index is 12.7. The van der Waals surface area contributed by atoms with E-state index in [4.69, 9.17) is 0 Å². The van der Waals surface area contributed by atoms with Gasteiger partial charge in [0, 0.05) is 23.6 Å². The van der Waals surface area contributed by atoms with Crippen LogP contribution in [0.1, 0.15) is 33.6 Å². The van der Waals surface area contributed by atoms with E-state index in [2.05, 4.69) is 11.9 Å². The predicted molar refractivity (Wildman–Crippen MR) is 83.9 cm³/mol. The summed E-state index contributed by atoms with van der Waals surface area (Å²) in [6.07, 6.45) is 2.83. The Kier molecular flexibility index (Phi) is 3.84. The predicted octanol–water partition coefficient (Wildman–Crippen LogP) is 3.18. The zero-order valence-corrected chi connectivity index (χ0v) is 12.2. The average molecular weight is 281 g/mol. The van der Waals surface area contributed by atoms with E-state index in [1.54, 1.807) is 6.07 Å². The normalized spacial score (nSPS) is 19.6. The molecule has 3 nitrogen and oxygen atoms in total. The number of nitrogens with zero attached hydrogens (tertiary/aromatic N) is 1. The lowest BCUT2D eigenvalue weighted by Crippen LogP contribution is -2.36. The maximum Gasteiger partial charge on any atom is 0.167 e. The summed E-state index contributed by atoms with van der Waals surface area (Å²) in [7, 11) is 2.05. The molecule has 1 heterocycles. The van der Waals surface area contributed by atoms with Gasteiger partial charge in [-0.2, -0.15) is 0 Å². The minimum Gasteiger partial charge on any atom is -0.306 e. The molecule has 0 bridgehead atoms. The third kappa shape index (κ3) is 2.74. The molecule has 0 radical (unpaired) electrons. The molecule has 1 fully saturated rings. The minimum atomic E-state index is 0.0458. The summed E-state index contributed by atoms with van der Waals surface area (Å²) in [5.41, 5.74) is 1.26. The van der Waals surface area contributed by atoms with Gasteiger partial charge in [-0.25, -0.2) is 0 Å². The number of hydrogen-bond donors (Lipinski definition) is 0. The number of ketones is 1. The van der Waals surface area contributed by atoms with Crippen LogP contribution in [-0.4, -0.2) is 37.1 Å².